The average molecular weight is 317 g/mol. The van der Waals surface area contributed by atoms with Gasteiger partial charge in [-0.3, -0.25) is 0 Å². The van der Waals surface area contributed by atoms with Crippen molar-refractivity contribution in [1.29, 1.82) is 0 Å². The predicted molar refractivity (Wildman–Crippen MR) is 77.5 cm³/mol. The molecule has 1 aliphatic rings. The predicted octanol–water partition coefficient (Wildman–Crippen LogP) is 4.48. The molecule has 1 saturated carbocycles. The molecule has 2 rings (SSSR count). The lowest BCUT2D eigenvalue weighted by atomic mass is 10.1. The molecular formula is C14H19BrClN. The van der Waals surface area contributed by atoms with Crippen molar-refractivity contribution in [3.8, 4) is 0 Å². The van der Waals surface area contributed by atoms with Crippen LogP contribution in [0.2, 0.25) is 0 Å². The summed E-state index contributed by atoms with van der Waals surface area (Å²) < 4.78 is 1.17. The normalized spacial score (nSPS) is 25.5. The largest absolute Gasteiger partial charge is 0.308 e. The number of benzene rings is 1. The molecule has 0 heterocycles. The molecule has 2 unspecified atom stereocenters. The van der Waals surface area contributed by atoms with Crippen LogP contribution in [0.4, 0.5) is 0 Å². The smallest absolute Gasteiger partial charge is 0.0489 e. The van der Waals surface area contributed by atoms with Crippen LogP contribution in [-0.2, 0) is 6.54 Å². The number of nitrogens with one attached hydrogen (secondary N) is 1. The van der Waals surface area contributed by atoms with Crippen LogP contribution >= 0.6 is 27.5 Å². The topological polar surface area (TPSA) is 12.0 Å². The molecule has 2 atom stereocenters. The van der Waals surface area contributed by atoms with Gasteiger partial charge in [-0.25, -0.2) is 0 Å². The second-order valence-corrected chi connectivity index (χ2v) is 6.15. The van der Waals surface area contributed by atoms with E-state index in [0.29, 0.717) is 11.4 Å². The fourth-order valence-corrected chi connectivity index (χ4v) is 3.17. The molecule has 0 aliphatic heterocycles. The Kier molecular flexibility index (Phi) is 5.33. The molecular weight excluding hydrogens is 298 g/mol. The van der Waals surface area contributed by atoms with Gasteiger partial charge in [0, 0.05) is 22.4 Å². The molecule has 17 heavy (non-hydrogen) atoms. The van der Waals surface area contributed by atoms with Crippen LogP contribution in [0.1, 0.15) is 37.7 Å². The van der Waals surface area contributed by atoms with Crippen LogP contribution in [0.25, 0.3) is 0 Å². The van der Waals surface area contributed by atoms with E-state index in [0.717, 1.165) is 13.0 Å². The third-order valence-electron chi connectivity index (χ3n) is 3.44. The number of alkyl halides is 1. The Morgan fingerprint density at radius 3 is 2.76 bits per heavy atom. The Bertz CT molecular complexity index is 356. The van der Waals surface area contributed by atoms with Gasteiger partial charge in [0.25, 0.3) is 0 Å². The van der Waals surface area contributed by atoms with E-state index in [1.54, 1.807) is 0 Å². The Hall–Kier alpha value is -0.0500. The van der Waals surface area contributed by atoms with Crippen molar-refractivity contribution < 1.29 is 0 Å². The van der Waals surface area contributed by atoms with E-state index in [2.05, 4.69) is 39.4 Å². The molecule has 0 spiro atoms. The molecule has 0 aromatic heterocycles. The molecule has 1 aromatic carbocycles. The molecule has 0 amide bonds. The highest BCUT2D eigenvalue weighted by atomic mass is 79.9. The first-order valence-electron chi connectivity index (χ1n) is 6.38. The van der Waals surface area contributed by atoms with Gasteiger partial charge in [0.15, 0.2) is 0 Å². The van der Waals surface area contributed by atoms with E-state index in [1.165, 1.54) is 35.7 Å². The lowest BCUT2D eigenvalue weighted by Crippen LogP contribution is -2.35. The van der Waals surface area contributed by atoms with Crippen molar-refractivity contribution in [3.63, 3.8) is 0 Å². The Labute approximate surface area is 117 Å². The first kappa shape index (κ1) is 13.4. The van der Waals surface area contributed by atoms with Crippen LogP contribution in [-0.4, -0.2) is 11.4 Å². The summed E-state index contributed by atoms with van der Waals surface area (Å²) in [6.07, 6.45) is 6.27. The molecule has 0 radical (unpaired) electrons. The number of hydrogen-bond donors (Lipinski definition) is 1. The van der Waals surface area contributed by atoms with Gasteiger partial charge in [0.2, 0.25) is 0 Å². The van der Waals surface area contributed by atoms with E-state index in [1.807, 2.05) is 6.07 Å². The zero-order valence-electron chi connectivity index (χ0n) is 9.96. The van der Waals surface area contributed by atoms with Gasteiger partial charge in [-0.1, -0.05) is 53.4 Å². The minimum atomic E-state index is 0.292. The molecule has 1 nitrogen and oxygen atoms in total. The standard InChI is InChI=1S/C14H19BrClN/c15-12-7-5-4-6-11(12)10-17-14-9-3-1-2-8-13(14)16/h4-7,13-14,17H,1-3,8-10H2. The molecule has 1 aromatic rings. The van der Waals surface area contributed by atoms with Crippen molar-refractivity contribution in [2.24, 2.45) is 0 Å². The van der Waals surface area contributed by atoms with Gasteiger partial charge in [-0.2, -0.15) is 0 Å². The number of halogens is 2. The van der Waals surface area contributed by atoms with Gasteiger partial charge < -0.3 is 5.32 Å². The summed E-state index contributed by atoms with van der Waals surface area (Å²) in [6.45, 7) is 0.898. The highest BCUT2D eigenvalue weighted by molar-refractivity contribution is 9.10. The summed E-state index contributed by atoms with van der Waals surface area (Å²) in [5, 5.41) is 3.90. The third kappa shape index (κ3) is 3.97. The Balaban J connectivity index is 1.90. The van der Waals surface area contributed by atoms with Crippen LogP contribution in [0, 0.1) is 0 Å². The minimum absolute atomic E-state index is 0.292. The van der Waals surface area contributed by atoms with Gasteiger partial charge in [0.1, 0.15) is 0 Å². The van der Waals surface area contributed by atoms with Crippen molar-refractivity contribution in [3.05, 3.63) is 34.3 Å². The first-order valence-corrected chi connectivity index (χ1v) is 7.61. The SMILES string of the molecule is ClC1CCCCCC1NCc1ccccc1Br. The second-order valence-electron chi connectivity index (χ2n) is 4.73. The fraction of sp³-hybridized carbons (Fsp3) is 0.571. The van der Waals surface area contributed by atoms with Crippen LogP contribution < -0.4 is 5.32 Å². The van der Waals surface area contributed by atoms with Crippen LogP contribution in [0.15, 0.2) is 28.7 Å². The van der Waals surface area contributed by atoms with Gasteiger partial charge in [-0.05, 0) is 24.5 Å². The maximum atomic E-state index is 6.42. The summed E-state index contributed by atoms with van der Waals surface area (Å²) in [5.41, 5.74) is 1.31. The van der Waals surface area contributed by atoms with Crippen LogP contribution in [0.5, 0.6) is 0 Å². The average Bonchev–Trinajstić information content (AvgIpc) is 2.53. The van der Waals surface area contributed by atoms with E-state index in [9.17, 15) is 0 Å². The van der Waals surface area contributed by atoms with E-state index in [4.69, 9.17) is 11.6 Å². The van der Waals surface area contributed by atoms with Gasteiger partial charge in [-0.15, -0.1) is 11.6 Å². The lowest BCUT2D eigenvalue weighted by Gasteiger charge is -2.21. The molecule has 3 heteroatoms. The molecule has 1 aliphatic carbocycles. The summed E-state index contributed by atoms with van der Waals surface area (Å²) in [5.74, 6) is 0. The highest BCUT2D eigenvalue weighted by Crippen LogP contribution is 2.23. The van der Waals surface area contributed by atoms with Crippen molar-refractivity contribution >= 4 is 27.5 Å². The number of hydrogen-bond acceptors (Lipinski definition) is 1. The molecule has 94 valence electrons. The quantitative estimate of drug-likeness (QED) is 0.640. The van der Waals surface area contributed by atoms with E-state index < -0.39 is 0 Å². The second kappa shape index (κ2) is 6.77. The van der Waals surface area contributed by atoms with Gasteiger partial charge >= 0.3 is 0 Å². The molecule has 1 N–H and O–H groups in total. The lowest BCUT2D eigenvalue weighted by molar-refractivity contribution is 0.464. The molecule has 1 fully saturated rings. The van der Waals surface area contributed by atoms with Crippen molar-refractivity contribution in [1.82, 2.24) is 5.32 Å². The van der Waals surface area contributed by atoms with Gasteiger partial charge in [0.05, 0.1) is 0 Å². The fourth-order valence-electron chi connectivity index (χ4n) is 2.38. The minimum Gasteiger partial charge on any atom is -0.308 e. The van der Waals surface area contributed by atoms with E-state index in [-0.39, 0.29) is 0 Å². The van der Waals surface area contributed by atoms with E-state index >= 15 is 0 Å². The summed E-state index contributed by atoms with van der Waals surface area (Å²) in [6, 6.07) is 8.82. The highest BCUT2D eigenvalue weighted by Gasteiger charge is 2.21. The third-order valence-corrected chi connectivity index (χ3v) is 4.74. The monoisotopic (exact) mass is 315 g/mol. The Morgan fingerprint density at radius 1 is 1.18 bits per heavy atom. The van der Waals surface area contributed by atoms with Crippen LogP contribution in [0.3, 0.4) is 0 Å². The Morgan fingerprint density at radius 2 is 1.94 bits per heavy atom. The number of rotatable bonds is 3. The summed E-state index contributed by atoms with van der Waals surface area (Å²) >= 11 is 10.00. The van der Waals surface area contributed by atoms with Crippen molar-refractivity contribution in [2.45, 2.75) is 50.1 Å². The molecule has 0 saturated heterocycles. The van der Waals surface area contributed by atoms with Crippen molar-refractivity contribution in [2.75, 3.05) is 0 Å². The zero-order chi connectivity index (χ0) is 12.1. The zero-order valence-corrected chi connectivity index (χ0v) is 12.3. The summed E-state index contributed by atoms with van der Waals surface area (Å²) in [7, 11) is 0. The first-order chi connectivity index (χ1) is 8.27. The summed E-state index contributed by atoms with van der Waals surface area (Å²) in [4.78, 5) is 0. The molecule has 0 bridgehead atoms. The maximum Gasteiger partial charge on any atom is 0.0489 e. The maximum absolute atomic E-state index is 6.42.